The molecule has 1 amide bonds. The first-order valence-electron chi connectivity index (χ1n) is 10.9. The summed E-state index contributed by atoms with van der Waals surface area (Å²) in [5.74, 6) is 0.863. The van der Waals surface area contributed by atoms with Gasteiger partial charge in [0.05, 0.1) is 11.4 Å². The molecule has 160 valence electrons. The van der Waals surface area contributed by atoms with Gasteiger partial charge in [-0.2, -0.15) is 5.10 Å². The van der Waals surface area contributed by atoms with Gasteiger partial charge in [-0.3, -0.25) is 4.79 Å². The van der Waals surface area contributed by atoms with Crippen molar-refractivity contribution in [3.63, 3.8) is 0 Å². The minimum atomic E-state index is -0.125. The van der Waals surface area contributed by atoms with Gasteiger partial charge in [0.2, 0.25) is 5.91 Å². The number of nitrogens with one attached hydrogen (secondary N) is 1. The molecule has 0 aliphatic carbocycles. The van der Waals surface area contributed by atoms with E-state index in [1.165, 1.54) is 19.3 Å². The van der Waals surface area contributed by atoms with Crippen LogP contribution in [0.15, 0.2) is 54.7 Å². The fraction of sp³-hybridized carbons (Fsp3) is 0.320. The van der Waals surface area contributed by atoms with Crippen molar-refractivity contribution < 1.29 is 4.79 Å². The summed E-state index contributed by atoms with van der Waals surface area (Å²) in [6.07, 6.45) is 8.93. The molecule has 3 heterocycles. The van der Waals surface area contributed by atoms with Crippen LogP contribution in [0.1, 0.15) is 41.8 Å². The lowest BCUT2D eigenvalue weighted by Crippen LogP contribution is -2.32. The summed E-state index contributed by atoms with van der Waals surface area (Å²) in [5.41, 5.74) is 4.93. The quantitative estimate of drug-likeness (QED) is 0.613. The van der Waals surface area contributed by atoms with E-state index >= 15 is 0 Å². The molecule has 31 heavy (non-hydrogen) atoms. The molecule has 1 aliphatic rings. The number of amides is 1. The summed E-state index contributed by atoms with van der Waals surface area (Å²) in [4.78, 5) is 19.4. The van der Waals surface area contributed by atoms with Gasteiger partial charge >= 0.3 is 0 Å². The monoisotopic (exact) mass is 415 g/mol. The van der Waals surface area contributed by atoms with Gasteiger partial charge in [-0.05, 0) is 57.4 Å². The Morgan fingerprint density at radius 1 is 1.06 bits per heavy atom. The zero-order valence-corrected chi connectivity index (χ0v) is 18.2. The Kier molecular flexibility index (Phi) is 6.46. The lowest BCUT2D eigenvalue weighted by molar-refractivity contribution is -0.116. The molecule has 2 aromatic heterocycles. The van der Waals surface area contributed by atoms with Gasteiger partial charge in [0.1, 0.15) is 5.82 Å². The number of piperidine rings is 1. The van der Waals surface area contributed by atoms with Crippen molar-refractivity contribution in [3.8, 4) is 5.69 Å². The number of aromatic nitrogens is 3. The van der Waals surface area contributed by atoms with E-state index in [0.717, 1.165) is 47.1 Å². The largest absolute Gasteiger partial charge is 0.356 e. The Balaban J connectivity index is 1.43. The smallest absolute Gasteiger partial charge is 0.244 e. The molecule has 0 saturated carbocycles. The first-order chi connectivity index (χ1) is 15.1. The average Bonchev–Trinajstić information content (AvgIpc) is 3.11. The van der Waals surface area contributed by atoms with Crippen LogP contribution in [0, 0.1) is 13.8 Å². The Morgan fingerprint density at radius 3 is 2.61 bits per heavy atom. The summed E-state index contributed by atoms with van der Waals surface area (Å²) < 4.78 is 1.91. The highest BCUT2D eigenvalue weighted by atomic mass is 16.1. The highest BCUT2D eigenvalue weighted by Crippen LogP contribution is 2.22. The van der Waals surface area contributed by atoms with E-state index in [0.29, 0.717) is 6.54 Å². The number of para-hydroxylation sites is 1. The number of benzene rings is 1. The third-order valence-corrected chi connectivity index (χ3v) is 5.73. The van der Waals surface area contributed by atoms with E-state index < -0.39 is 0 Å². The van der Waals surface area contributed by atoms with Crippen molar-refractivity contribution in [2.45, 2.75) is 39.7 Å². The normalized spacial score (nSPS) is 14.2. The Hall–Kier alpha value is -3.41. The van der Waals surface area contributed by atoms with E-state index in [9.17, 15) is 4.79 Å². The molecule has 1 N–H and O–H groups in total. The van der Waals surface area contributed by atoms with Gasteiger partial charge in [0, 0.05) is 48.7 Å². The van der Waals surface area contributed by atoms with Crippen molar-refractivity contribution in [2.75, 3.05) is 18.0 Å². The van der Waals surface area contributed by atoms with Crippen molar-refractivity contribution in [1.29, 1.82) is 0 Å². The fourth-order valence-corrected chi connectivity index (χ4v) is 4.08. The summed E-state index contributed by atoms with van der Waals surface area (Å²) in [6, 6.07) is 14.0. The predicted molar refractivity (Wildman–Crippen MR) is 124 cm³/mol. The molecule has 0 radical (unpaired) electrons. The standard InChI is InChI=1S/C25H29N5O/c1-19-23(20(2)30(28-19)22-11-5-3-6-12-22)13-14-24(31)27-18-21-10-9-15-26-25(21)29-16-7-4-8-17-29/h3,5-6,9-15H,4,7-8,16-18H2,1-2H3,(H,27,31)/b14-13+. The minimum Gasteiger partial charge on any atom is -0.356 e. The van der Waals surface area contributed by atoms with Crippen LogP contribution in [0.5, 0.6) is 0 Å². The van der Waals surface area contributed by atoms with E-state index in [2.05, 4.69) is 20.3 Å². The van der Waals surface area contributed by atoms with Gasteiger partial charge in [-0.25, -0.2) is 9.67 Å². The van der Waals surface area contributed by atoms with Crippen LogP contribution in [0.3, 0.4) is 0 Å². The molecule has 3 aromatic rings. The number of hydrogen-bond donors (Lipinski definition) is 1. The van der Waals surface area contributed by atoms with Gasteiger partial charge < -0.3 is 10.2 Å². The van der Waals surface area contributed by atoms with Gasteiger partial charge in [-0.1, -0.05) is 24.3 Å². The van der Waals surface area contributed by atoms with Crippen LogP contribution in [-0.4, -0.2) is 33.8 Å². The molecule has 1 saturated heterocycles. The van der Waals surface area contributed by atoms with Gasteiger partial charge in [0.15, 0.2) is 0 Å². The lowest BCUT2D eigenvalue weighted by Gasteiger charge is -2.29. The van der Waals surface area contributed by atoms with Crippen LogP contribution >= 0.6 is 0 Å². The third kappa shape index (κ3) is 4.85. The molecule has 0 unspecified atom stereocenters. The van der Waals surface area contributed by atoms with Crippen molar-refractivity contribution >= 4 is 17.8 Å². The third-order valence-electron chi connectivity index (χ3n) is 5.73. The number of hydrogen-bond acceptors (Lipinski definition) is 4. The lowest BCUT2D eigenvalue weighted by atomic mass is 10.1. The Morgan fingerprint density at radius 2 is 1.84 bits per heavy atom. The van der Waals surface area contributed by atoms with E-state index in [4.69, 9.17) is 0 Å². The van der Waals surface area contributed by atoms with Crippen molar-refractivity contribution in [2.24, 2.45) is 0 Å². The highest BCUT2D eigenvalue weighted by molar-refractivity contribution is 5.92. The molecular weight excluding hydrogens is 386 g/mol. The van der Waals surface area contributed by atoms with Gasteiger partial charge in [0.25, 0.3) is 0 Å². The van der Waals surface area contributed by atoms with Crippen LogP contribution in [0.2, 0.25) is 0 Å². The second-order valence-corrected chi connectivity index (χ2v) is 7.92. The first kappa shape index (κ1) is 20.8. The zero-order chi connectivity index (χ0) is 21.6. The van der Waals surface area contributed by atoms with Crippen molar-refractivity contribution in [3.05, 3.63) is 77.3 Å². The maximum Gasteiger partial charge on any atom is 0.244 e. The van der Waals surface area contributed by atoms with E-state index in [1.54, 1.807) is 6.08 Å². The number of carbonyl (C=O) groups excluding carboxylic acids is 1. The number of nitrogens with zero attached hydrogens (tertiary/aromatic N) is 4. The van der Waals surface area contributed by atoms with E-state index in [-0.39, 0.29) is 5.91 Å². The Labute approximate surface area is 183 Å². The van der Waals surface area contributed by atoms with Crippen LogP contribution < -0.4 is 10.2 Å². The minimum absolute atomic E-state index is 0.125. The molecule has 6 heteroatoms. The van der Waals surface area contributed by atoms with Crippen LogP contribution in [-0.2, 0) is 11.3 Å². The number of rotatable bonds is 6. The molecule has 1 aliphatic heterocycles. The summed E-state index contributed by atoms with van der Waals surface area (Å²) in [7, 11) is 0. The summed E-state index contributed by atoms with van der Waals surface area (Å²) >= 11 is 0. The maximum atomic E-state index is 12.5. The summed E-state index contributed by atoms with van der Waals surface area (Å²) in [5, 5.41) is 7.64. The molecule has 4 rings (SSSR count). The first-order valence-corrected chi connectivity index (χ1v) is 10.9. The zero-order valence-electron chi connectivity index (χ0n) is 18.2. The molecule has 1 fully saturated rings. The van der Waals surface area contributed by atoms with Crippen LogP contribution in [0.4, 0.5) is 5.82 Å². The Bertz CT molecular complexity index is 1060. The highest BCUT2D eigenvalue weighted by Gasteiger charge is 2.16. The number of aryl methyl sites for hydroxylation is 1. The van der Waals surface area contributed by atoms with Gasteiger partial charge in [-0.15, -0.1) is 0 Å². The van der Waals surface area contributed by atoms with E-state index in [1.807, 2.05) is 73.3 Å². The molecular formula is C25H29N5O. The number of anilines is 1. The SMILES string of the molecule is Cc1nn(-c2ccccc2)c(C)c1/C=C/C(=O)NCc1cccnc1N1CCCCC1. The molecule has 0 bridgehead atoms. The van der Waals surface area contributed by atoms with Crippen molar-refractivity contribution in [1.82, 2.24) is 20.1 Å². The molecule has 1 aromatic carbocycles. The molecule has 0 atom stereocenters. The predicted octanol–water partition coefficient (Wildman–Crippen LogP) is 4.20. The second kappa shape index (κ2) is 9.60. The second-order valence-electron chi connectivity index (χ2n) is 7.92. The summed E-state index contributed by atoms with van der Waals surface area (Å²) in [6.45, 7) is 6.50. The fourth-order valence-electron chi connectivity index (χ4n) is 4.08. The maximum absolute atomic E-state index is 12.5. The number of carbonyl (C=O) groups is 1. The molecule has 6 nitrogen and oxygen atoms in total. The topological polar surface area (TPSA) is 63.1 Å². The average molecular weight is 416 g/mol. The number of pyridine rings is 1. The molecule has 0 spiro atoms. The van der Waals surface area contributed by atoms with Crippen LogP contribution in [0.25, 0.3) is 11.8 Å².